The Morgan fingerprint density at radius 2 is 2.06 bits per heavy atom. The molecular formula is C12H17N3O2. The van der Waals surface area contributed by atoms with Crippen molar-refractivity contribution in [3.8, 4) is 0 Å². The molecule has 0 aromatic heterocycles. The van der Waals surface area contributed by atoms with Crippen molar-refractivity contribution in [3.05, 3.63) is 29.3 Å². The van der Waals surface area contributed by atoms with E-state index in [1.165, 1.54) is 0 Å². The first-order chi connectivity index (χ1) is 7.95. The lowest BCUT2D eigenvalue weighted by Crippen LogP contribution is -2.26. The molecule has 1 aromatic carbocycles. The normalized spacial score (nSPS) is 11.9. The van der Waals surface area contributed by atoms with Gasteiger partial charge in [-0.1, -0.05) is 13.0 Å². The summed E-state index contributed by atoms with van der Waals surface area (Å²) in [6, 6.07) is 5.03. The number of primary amides is 1. The summed E-state index contributed by atoms with van der Waals surface area (Å²) in [5.41, 5.74) is 12.4. The summed E-state index contributed by atoms with van der Waals surface area (Å²) in [4.78, 5) is 22.7. The summed E-state index contributed by atoms with van der Waals surface area (Å²) in [6.07, 6.45) is 0. The second-order valence-electron chi connectivity index (χ2n) is 4.02. The zero-order chi connectivity index (χ0) is 13.0. The average molecular weight is 235 g/mol. The third-order valence-corrected chi connectivity index (χ3v) is 2.57. The van der Waals surface area contributed by atoms with Gasteiger partial charge in [-0.15, -0.1) is 0 Å². The predicted octanol–water partition coefficient (Wildman–Crippen LogP) is 0.627. The minimum atomic E-state index is -0.509. The Hall–Kier alpha value is -1.88. The molecule has 17 heavy (non-hydrogen) atoms. The van der Waals surface area contributed by atoms with Crippen LogP contribution in [-0.2, 0) is 4.79 Å². The van der Waals surface area contributed by atoms with Crippen molar-refractivity contribution in [1.29, 1.82) is 0 Å². The van der Waals surface area contributed by atoms with E-state index in [9.17, 15) is 9.59 Å². The molecule has 0 saturated carbocycles. The van der Waals surface area contributed by atoms with Crippen LogP contribution in [0.15, 0.2) is 18.2 Å². The highest BCUT2D eigenvalue weighted by molar-refractivity contribution is 5.97. The zero-order valence-corrected chi connectivity index (χ0v) is 9.99. The highest BCUT2D eigenvalue weighted by atomic mass is 16.2. The van der Waals surface area contributed by atoms with Crippen LogP contribution in [-0.4, -0.2) is 18.4 Å². The van der Waals surface area contributed by atoms with E-state index < -0.39 is 5.91 Å². The number of aryl methyl sites for hydroxylation is 1. The van der Waals surface area contributed by atoms with E-state index in [1.54, 1.807) is 32.0 Å². The van der Waals surface area contributed by atoms with E-state index in [1.807, 2.05) is 0 Å². The highest BCUT2D eigenvalue weighted by Gasteiger charge is 2.12. The maximum Gasteiger partial charge on any atom is 0.249 e. The SMILES string of the molecule is Cc1ccc(NC(=O)C(C)CN)cc1C(N)=O. The number of nitrogens with one attached hydrogen (secondary N) is 1. The number of benzene rings is 1. The largest absolute Gasteiger partial charge is 0.366 e. The first kappa shape index (κ1) is 13.2. The van der Waals surface area contributed by atoms with Crippen molar-refractivity contribution >= 4 is 17.5 Å². The standard InChI is InChI=1S/C12H17N3O2/c1-7-3-4-9(5-10(7)11(14)16)15-12(17)8(2)6-13/h3-5,8H,6,13H2,1-2H3,(H2,14,16)(H,15,17). The van der Waals surface area contributed by atoms with Gasteiger partial charge in [0, 0.05) is 23.7 Å². The van der Waals surface area contributed by atoms with Crippen LogP contribution in [0.1, 0.15) is 22.8 Å². The van der Waals surface area contributed by atoms with Crippen LogP contribution in [0.2, 0.25) is 0 Å². The van der Waals surface area contributed by atoms with Crippen LogP contribution in [0, 0.1) is 12.8 Å². The fraction of sp³-hybridized carbons (Fsp3) is 0.333. The van der Waals surface area contributed by atoms with Gasteiger partial charge >= 0.3 is 0 Å². The molecule has 0 spiro atoms. The summed E-state index contributed by atoms with van der Waals surface area (Å²) < 4.78 is 0. The van der Waals surface area contributed by atoms with Gasteiger partial charge in [-0.2, -0.15) is 0 Å². The van der Waals surface area contributed by atoms with Crippen molar-refractivity contribution in [2.24, 2.45) is 17.4 Å². The lowest BCUT2D eigenvalue weighted by atomic mass is 10.1. The Labute approximate surface area is 100 Å². The third-order valence-electron chi connectivity index (χ3n) is 2.57. The smallest absolute Gasteiger partial charge is 0.249 e. The number of hydrogen-bond acceptors (Lipinski definition) is 3. The van der Waals surface area contributed by atoms with Crippen LogP contribution < -0.4 is 16.8 Å². The van der Waals surface area contributed by atoms with Crippen molar-refractivity contribution in [2.75, 3.05) is 11.9 Å². The summed E-state index contributed by atoms with van der Waals surface area (Å²) in [6.45, 7) is 3.80. The molecule has 5 N–H and O–H groups in total. The first-order valence-corrected chi connectivity index (χ1v) is 5.37. The molecule has 1 rings (SSSR count). The number of amides is 2. The molecule has 5 nitrogen and oxygen atoms in total. The molecule has 5 heteroatoms. The fourth-order valence-corrected chi connectivity index (χ4v) is 1.34. The lowest BCUT2D eigenvalue weighted by molar-refractivity contribution is -0.119. The predicted molar refractivity (Wildman–Crippen MR) is 66.5 cm³/mol. The van der Waals surface area contributed by atoms with Gasteiger partial charge in [0.25, 0.3) is 0 Å². The molecule has 0 heterocycles. The van der Waals surface area contributed by atoms with E-state index in [0.717, 1.165) is 5.56 Å². The lowest BCUT2D eigenvalue weighted by Gasteiger charge is -2.11. The maximum atomic E-state index is 11.6. The highest BCUT2D eigenvalue weighted by Crippen LogP contribution is 2.15. The van der Waals surface area contributed by atoms with E-state index in [4.69, 9.17) is 11.5 Å². The molecule has 0 aliphatic carbocycles. The number of rotatable bonds is 4. The number of carbonyl (C=O) groups excluding carboxylic acids is 2. The van der Waals surface area contributed by atoms with Crippen molar-refractivity contribution in [3.63, 3.8) is 0 Å². The molecule has 0 saturated heterocycles. The molecule has 0 fully saturated rings. The molecule has 0 bridgehead atoms. The van der Waals surface area contributed by atoms with Gasteiger partial charge in [0.2, 0.25) is 11.8 Å². The molecule has 0 aliphatic rings. The summed E-state index contributed by atoms with van der Waals surface area (Å²) in [5, 5.41) is 2.69. The molecule has 0 radical (unpaired) electrons. The first-order valence-electron chi connectivity index (χ1n) is 5.37. The molecule has 1 unspecified atom stereocenters. The summed E-state index contributed by atoms with van der Waals surface area (Å²) in [5.74, 6) is -0.953. The third kappa shape index (κ3) is 3.29. The Morgan fingerprint density at radius 3 is 2.59 bits per heavy atom. The fourth-order valence-electron chi connectivity index (χ4n) is 1.34. The topological polar surface area (TPSA) is 98.2 Å². The summed E-state index contributed by atoms with van der Waals surface area (Å²) >= 11 is 0. The maximum absolute atomic E-state index is 11.6. The van der Waals surface area contributed by atoms with Gasteiger partial charge in [-0.05, 0) is 24.6 Å². The second kappa shape index (κ2) is 5.45. The number of nitrogens with two attached hydrogens (primary N) is 2. The molecule has 2 amide bonds. The average Bonchev–Trinajstić information content (AvgIpc) is 2.30. The molecule has 0 aliphatic heterocycles. The Morgan fingerprint density at radius 1 is 1.41 bits per heavy atom. The van der Waals surface area contributed by atoms with Crippen molar-refractivity contribution < 1.29 is 9.59 Å². The molecular weight excluding hydrogens is 218 g/mol. The van der Waals surface area contributed by atoms with Crippen molar-refractivity contribution in [1.82, 2.24) is 0 Å². The van der Waals surface area contributed by atoms with E-state index in [-0.39, 0.29) is 18.4 Å². The Kier molecular flexibility index (Phi) is 4.23. The Bertz CT molecular complexity index is 443. The second-order valence-corrected chi connectivity index (χ2v) is 4.02. The van der Waals surface area contributed by atoms with E-state index >= 15 is 0 Å². The van der Waals surface area contributed by atoms with Crippen LogP contribution in [0.3, 0.4) is 0 Å². The van der Waals surface area contributed by atoms with E-state index in [2.05, 4.69) is 5.32 Å². The van der Waals surface area contributed by atoms with Gasteiger partial charge < -0.3 is 16.8 Å². The quantitative estimate of drug-likeness (QED) is 0.713. The number of carbonyl (C=O) groups is 2. The van der Waals surface area contributed by atoms with Crippen LogP contribution >= 0.6 is 0 Å². The zero-order valence-electron chi connectivity index (χ0n) is 9.99. The van der Waals surface area contributed by atoms with Gasteiger partial charge in [-0.25, -0.2) is 0 Å². The minimum Gasteiger partial charge on any atom is -0.366 e. The molecule has 1 atom stereocenters. The molecule has 92 valence electrons. The minimum absolute atomic E-state index is 0.174. The van der Waals surface area contributed by atoms with Gasteiger partial charge in [0.1, 0.15) is 0 Å². The number of hydrogen-bond donors (Lipinski definition) is 3. The van der Waals surface area contributed by atoms with Crippen LogP contribution in [0.4, 0.5) is 5.69 Å². The van der Waals surface area contributed by atoms with Gasteiger partial charge in [-0.3, -0.25) is 9.59 Å². The van der Waals surface area contributed by atoms with Crippen molar-refractivity contribution in [2.45, 2.75) is 13.8 Å². The summed E-state index contributed by atoms with van der Waals surface area (Å²) in [7, 11) is 0. The molecule has 1 aromatic rings. The van der Waals surface area contributed by atoms with Gasteiger partial charge in [0.15, 0.2) is 0 Å². The van der Waals surface area contributed by atoms with Crippen LogP contribution in [0.25, 0.3) is 0 Å². The monoisotopic (exact) mass is 235 g/mol. The van der Waals surface area contributed by atoms with Gasteiger partial charge in [0.05, 0.1) is 0 Å². The Balaban J connectivity index is 2.90. The van der Waals surface area contributed by atoms with E-state index in [0.29, 0.717) is 11.3 Å². The van der Waals surface area contributed by atoms with Crippen LogP contribution in [0.5, 0.6) is 0 Å². The number of anilines is 1.